The van der Waals surface area contributed by atoms with Crippen molar-refractivity contribution in [1.29, 1.82) is 0 Å². The van der Waals surface area contributed by atoms with Crippen molar-refractivity contribution in [1.82, 2.24) is 0 Å². The second kappa shape index (κ2) is 5.87. The third kappa shape index (κ3) is 2.98. The molecule has 0 aromatic rings. The Kier molecular flexibility index (Phi) is 5.08. The smallest absolute Gasteiger partial charge is 0.00459 e. The monoisotopic (exact) mass is 187 g/mol. The van der Waals surface area contributed by atoms with Gasteiger partial charge in [-0.05, 0) is 36.8 Å². The molecule has 1 unspecified atom stereocenters. The molecule has 0 heterocycles. The van der Waals surface area contributed by atoms with Gasteiger partial charge in [-0.25, -0.2) is 0 Å². The number of hydrogen-bond donors (Lipinski definition) is 1. The first kappa shape index (κ1) is 10.4. The van der Waals surface area contributed by atoms with E-state index in [0.29, 0.717) is 0 Å². The molecule has 0 spiro atoms. The van der Waals surface area contributed by atoms with Crippen LogP contribution in [-0.4, -0.2) is 18.6 Å². The normalized spacial score (nSPS) is 21.5. The maximum Gasteiger partial charge on any atom is -0.00459 e. The van der Waals surface area contributed by atoms with Crippen molar-refractivity contribution >= 4 is 11.8 Å². The highest BCUT2D eigenvalue weighted by Gasteiger charge is 2.23. The molecule has 1 atom stereocenters. The lowest BCUT2D eigenvalue weighted by atomic mass is 9.89. The summed E-state index contributed by atoms with van der Waals surface area (Å²) in [5.74, 6) is 3.07. The zero-order valence-corrected chi connectivity index (χ0v) is 8.91. The maximum absolute atomic E-state index is 5.78. The summed E-state index contributed by atoms with van der Waals surface area (Å²) in [4.78, 5) is 0. The van der Waals surface area contributed by atoms with Gasteiger partial charge in [-0.1, -0.05) is 25.7 Å². The molecule has 0 bridgehead atoms. The highest BCUT2D eigenvalue weighted by molar-refractivity contribution is 7.98. The molecule has 1 rings (SSSR count). The fraction of sp³-hybridized carbons (Fsp3) is 1.00. The SMILES string of the molecule is CSCCC(CN)C1CCCC1. The molecule has 1 aliphatic carbocycles. The third-order valence-electron chi connectivity index (χ3n) is 3.06. The summed E-state index contributed by atoms with van der Waals surface area (Å²) in [6.45, 7) is 0.908. The molecule has 1 aliphatic rings. The summed E-state index contributed by atoms with van der Waals surface area (Å²) in [5.41, 5.74) is 5.78. The fourth-order valence-electron chi connectivity index (χ4n) is 2.24. The Labute approximate surface area is 80.5 Å². The van der Waals surface area contributed by atoms with Gasteiger partial charge in [0.2, 0.25) is 0 Å². The van der Waals surface area contributed by atoms with E-state index in [1.165, 1.54) is 37.9 Å². The molecule has 0 saturated heterocycles. The predicted octanol–water partition coefficient (Wildman–Crippen LogP) is 2.50. The molecule has 2 N–H and O–H groups in total. The van der Waals surface area contributed by atoms with Crippen molar-refractivity contribution in [2.75, 3.05) is 18.6 Å². The van der Waals surface area contributed by atoms with Crippen molar-refractivity contribution < 1.29 is 0 Å². The summed E-state index contributed by atoms with van der Waals surface area (Å²) in [7, 11) is 0. The zero-order chi connectivity index (χ0) is 8.81. The molecule has 72 valence electrons. The highest BCUT2D eigenvalue weighted by Crippen LogP contribution is 2.32. The van der Waals surface area contributed by atoms with Gasteiger partial charge in [0.15, 0.2) is 0 Å². The second-order valence-electron chi connectivity index (χ2n) is 3.82. The minimum absolute atomic E-state index is 0.819. The van der Waals surface area contributed by atoms with Gasteiger partial charge >= 0.3 is 0 Å². The van der Waals surface area contributed by atoms with Gasteiger partial charge in [0, 0.05) is 0 Å². The Morgan fingerprint density at radius 2 is 2.08 bits per heavy atom. The molecule has 0 amide bonds. The molecule has 0 aromatic carbocycles. The standard InChI is InChI=1S/C10H21NS/c1-12-7-6-10(8-11)9-4-2-3-5-9/h9-10H,2-8,11H2,1H3. The lowest BCUT2D eigenvalue weighted by Gasteiger charge is -2.20. The van der Waals surface area contributed by atoms with Crippen LogP contribution in [0, 0.1) is 11.8 Å². The van der Waals surface area contributed by atoms with Gasteiger partial charge in [0.25, 0.3) is 0 Å². The van der Waals surface area contributed by atoms with Crippen LogP contribution in [0.25, 0.3) is 0 Å². The average molecular weight is 187 g/mol. The van der Waals surface area contributed by atoms with E-state index >= 15 is 0 Å². The van der Waals surface area contributed by atoms with Crippen molar-refractivity contribution in [3.8, 4) is 0 Å². The molecule has 12 heavy (non-hydrogen) atoms. The molecule has 1 nitrogen and oxygen atoms in total. The summed E-state index contributed by atoms with van der Waals surface area (Å²) >= 11 is 1.95. The molecule has 1 fully saturated rings. The van der Waals surface area contributed by atoms with Gasteiger partial charge in [0.1, 0.15) is 0 Å². The van der Waals surface area contributed by atoms with Gasteiger partial charge in [-0.2, -0.15) is 11.8 Å². The maximum atomic E-state index is 5.78. The van der Waals surface area contributed by atoms with Crippen LogP contribution in [0.2, 0.25) is 0 Å². The number of rotatable bonds is 5. The molecular weight excluding hydrogens is 166 g/mol. The minimum Gasteiger partial charge on any atom is -0.330 e. The first-order valence-electron chi connectivity index (χ1n) is 5.07. The van der Waals surface area contributed by atoms with Crippen LogP contribution < -0.4 is 5.73 Å². The summed E-state index contributed by atoms with van der Waals surface area (Å²) in [6.07, 6.45) is 9.29. The van der Waals surface area contributed by atoms with E-state index < -0.39 is 0 Å². The van der Waals surface area contributed by atoms with Crippen LogP contribution in [0.15, 0.2) is 0 Å². The largest absolute Gasteiger partial charge is 0.330 e. The van der Waals surface area contributed by atoms with E-state index in [4.69, 9.17) is 5.73 Å². The van der Waals surface area contributed by atoms with E-state index in [-0.39, 0.29) is 0 Å². The predicted molar refractivity (Wildman–Crippen MR) is 57.5 cm³/mol. The zero-order valence-electron chi connectivity index (χ0n) is 8.09. The van der Waals surface area contributed by atoms with E-state index in [0.717, 1.165) is 18.4 Å². The number of hydrogen-bond acceptors (Lipinski definition) is 2. The number of thioether (sulfide) groups is 1. The molecule has 0 aliphatic heterocycles. The Morgan fingerprint density at radius 1 is 1.42 bits per heavy atom. The van der Waals surface area contributed by atoms with Crippen LogP contribution in [0.3, 0.4) is 0 Å². The van der Waals surface area contributed by atoms with Gasteiger partial charge in [-0.3, -0.25) is 0 Å². The highest BCUT2D eigenvalue weighted by atomic mass is 32.2. The minimum atomic E-state index is 0.819. The third-order valence-corrected chi connectivity index (χ3v) is 3.71. The first-order valence-corrected chi connectivity index (χ1v) is 6.47. The molecule has 1 saturated carbocycles. The molecular formula is C10H21NS. The Balaban J connectivity index is 2.22. The fourth-order valence-corrected chi connectivity index (χ4v) is 2.78. The Morgan fingerprint density at radius 3 is 2.58 bits per heavy atom. The quantitative estimate of drug-likeness (QED) is 0.715. The van der Waals surface area contributed by atoms with Crippen molar-refractivity contribution in [3.05, 3.63) is 0 Å². The van der Waals surface area contributed by atoms with Crippen LogP contribution in [-0.2, 0) is 0 Å². The van der Waals surface area contributed by atoms with E-state index in [1.54, 1.807) is 0 Å². The van der Waals surface area contributed by atoms with Gasteiger partial charge in [0.05, 0.1) is 0 Å². The average Bonchev–Trinajstić information content (AvgIpc) is 2.59. The van der Waals surface area contributed by atoms with Crippen LogP contribution in [0.4, 0.5) is 0 Å². The van der Waals surface area contributed by atoms with Crippen LogP contribution in [0.1, 0.15) is 32.1 Å². The number of nitrogens with two attached hydrogens (primary N) is 1. The van der Waals surface area contributed by atoms with E-state index in [9.17, 15) is 0 Å². The summed E-state index contributed by atoms with van der Waals surface area (Å²) in [6, 6.07) is 0. The van der Waals surface area contributed by atoms with Crippen molar-refractivity contribution in [2.45, 2.75) is 32.1 Å². The summed E-state index contributed by atoms with van der Waals surface area (Å²) in [5, 5.41) is 0. The molecule has 2 heteroatoms. The van der Waals surface area contributed by atoms with Crippen LogP contribution in [0.5, 0.6) is 0 Å². The van der Waals surface area contributed by atoms with E-state index in [1.807, 2.05) is 11.8 Å². The lowest BCUT2D eigenvalue weighted by Crippen LogP contribution is -2.22. The van der Waals surface area contributed by atoms with Crippen molar-refractivity contribution in [2.24, 2.45) is 17.6 Å². The Hall–Kier alpha value is 0.310. The lowest BCUT2D eigenvalue weighted by molar-refractivity contribution is 0.339. The molecule has 0 aromatic heterocycles. The topological polar surface area (TPSA) is 26.0 Å². The van der Waals surface area contributed by atoms with Crippen molar-refractivity contribution in [3.63, 3.8) is 0 Å². The first-order chi connectivity index (χ1) is 5.88. The summed E-state index contributed by atoms with van der Waals surface area (Å²) < 4.78 is 0. The second-order valence-corrected chi connectivity index (χ2v) is 4.81. The van der Waals surface area contributed by atoms with Crippen LogP contribution >= 0.6 is 11.8 Å². The molecule has 0 radical (unpaired) electrons. The Bertz CT molecular complexity index is 110. The van der Waals surface area contributed by atoms with Gasteiger partial charge < -0.3 is 5.73 Å². The van der Waals surface area contributed by atoms with E-state index in [2.05, 4.69) is 6.26 Å². The van der Waals surface area contributed by atoms with Gasteiger partial charge in [-0.15, -0.1) is 0 Å².